The van der Waals surface area contributed by atoms with E-state index in [2.05, 4.69) is 5.32 Å². The molecule has 0 spiro atoms. The molecule has 5 heteroatoms. The number of amides is 1. The van der Waals surface area contributed by atoms with Crippen LogP contribution in [0.15, 0.2) is 42.5 Å². The van der Waals surface area contributed by atoms with Crippen molar-refractivity contribution in [3.8, 4) is 17.2 Å². The summed E-state index contributed by atoms with van der Waals surface area (Å²) in [4.78, 5) is 12.9. The summed E-state index contributed by atoms with van der Waals surface area (Å²) in [5.74, 6) is 1.74. The fourth-order valence-corrected chi connectivity index (χ4v) is 2.49. The quantitative estimate of drug-likeness (QED) is 0.825. The van der Waals surface area contributed by atoms with E-state index < -0.39 is 5.41 Å². The van der Waals surface area contributed by atoms with Gasteiger partial charge in [0.1, 0.15) is 5.75 Å². The first kappa shape index (κ1) is 18.6. The molecule has 2 aromatic rings. The highest BCUT2D eigenvalue weighted by Gasteiger charge is 2.31. The Kier molecular flexibility index (Phi) is 5.91. The van der Waals surface area contributed by atoms with E-state index in [0.717, 1.165) is 5.56 Å². The lowest BCUT2D eigenvalue weighted by atomic mass is 9.83. The van der Waals surface area contributed by atoms with Gasteiger partial charge in [-0.25, -0.2) is 0 Å². The standard InChI is InChI=1S/C20H25NO4/c1-6-25-16-10-8-7-9-15(16)21-19(22)20(2,3)14-11-12-17(23-4)18(13-14)24-5/h7-13H,6H2,1-5H3,(H,21,22). The predicted molar refractivity (Wildman–Crippen MR) is 98.8 cm³/mol. The molecule has 0 aliphatic carbocycles. The van der Waals surface area contributed by atoms with Gasteiger partial charge in [0.25, 0.3) is 0 Å². The van der Waals surface area contributed by atoms with E-state index in [1.807, 2.05) is 57.2 Å². The van der Waals surface area contributed by atoms with Crippen molar-refractivity contribution in [3.05, 3.63) is 48.0 Å². The molecule has 0 saturated carbocycles. The monoisotopic (exact) mass is 343 g/mol. The lowest BCUT2D eigenvalue weighted by Crippen LogP contribution is -2.34. The normalized spacial score (nSPS) is 10.9. The highest BCUT2D eigenvalue weighted by Crippen LogP contribution is 2.34. The van der Waals surface area contributed by atoms with Crippen molar-refractivity contribution in [2.24, 2.45) is 0 Å². The second-order valence-corrected chi connectivity index (χ2v) is 6.08. The number of carbonyl (C=O) groups is 1. The van der Waals surface area contributed by atoms with Gasteiger partial charge in [0.05, 0.1) is 31.9 Å². The number of ether oxygens (including phenoxy) is 3. The Balaban J connectivity index is 2.29. The van der Waals surface area contributed by atoms with Gasteiger partial charge in [0.2, 0.25) is 5.91 Å². The van der Waals surface area contributed by atoms with Crippen molar-refractivity contribution in [3.63, 3.8) is 0 Å². The molecule has 0 fully saturated rings. The molecule has 0 bridgehead atoms. The molecule has 0 heterocycles. The molecule has 1 amide bonds. The average molecular weight is 343 g/mol. The molecule has 25 heavy (non-hydrogen) atoms. The number of anilines is 1. The summed E-state index contributed by atoms with van der Waals surface area (Å²) < 4.78 is 16.2. The smallest absolute Gasteiger partial charge is 0.234 e. The summed E-state index contributed by atoms with van der Waals surface area (Å²) in [7, 11) is 3.16. The van der Waals surface area contributed by atoms with E-state index in [1.165, 1.54) is 0 Å². The van der Waals surface area contributed by atoms with E-state index >= 15 is 0 Å². The molecule has 5 nitrogen and oxygen atoms in total. The number of methoxy groups -OCH3 is 2. The highest BCUT2D eigenvalue weighted by atomic mass is 16.5. The van der Waals surface area contributed by atoms with Crippen molar-refractivity contribution in [1.29, 1.82) is 0 Å². The van der Waals surface area contributed by atoms with Crippen LogP contribution in [-0.2, 0) is 10.2 Å². The van der Waals surface area contributed by atoms with Gasteiger partial charge in [-0.2, -0.15) is 0 Å². The van der Waals surface area contributed by atoms with Gasteiger partial charge in [0.15, 0.2) is 11.5 Å². The second kappa shape index (κ2) is 7.92. The molecule has 0 aliphatic heterocycles. The van der Waals surface area contributed by atoms with Crippen LogP contribution in [0.25, 0.3) is 0 Å². The zero-order valence-electron chi connectivity index (χ0n) is 15.4. The van der Waals surface area contributed by atoms with Gasteiger partial charge in [0, 0.05) is 0 Å². The minimum atomic E-state index is -0.765. The van der Waals surface area contributed by atoms with Gasteiger partial charge in [-0.1, -0.05) is 18.2 Å². The van der Waals surface area contributed by atoms with Crippen LogP contribution >= 0.6 is 0 Å². The van der Waals surface area contributed by atoms with Crippen molar-refractivity contribution >= 4 is 11.6 Å². The Hall–Kier alpha value is -2.69. The number of rotatable bonds is 7. The first-order chi connectivity index (χ1) is 11.9. The van der Waals surface area contributed by atoms with Crippen molar-refractivity contribution in [1.82, 2.24) is 0 Å². The average Bonchev–Trinajstić information content (AvgIpc) is 2.62. The topological polar surface area (TPSA) is 56.8 Å². The molecular weight excluding hydrogens is 318 g/mol. The summed E-state index contributed by atoms with van der Waals surface area (Å²) in [6, 6.07) is 12.9. The third kappa shape index (κ3) is 4.05. The van der Waals surface area contributed by atoms with Crippen LogP contribution < -0.4 is 19.5 Å². The van der Waals surface area contributed by atoms with E-state index in [0.29, 0.717) is 29.5 Å². The van der Waals surface area contributed by atoms with E-state index in [9.17, 15) is 4.79 Å². The Labute approximate surface area is 148 Å². The van der Waals surface area contributed by atoms with Gasteiger partial charge in [-0.15, -0.1) is 0 Å². The Morgan fingerprint density at radius 2 is 1.68 bits per heavy atom. The number of para-hydroxylation sites is 2. The molecule has 0 saturated heterocycles. The van der Waals surface area contributed by atoms with Crippen molar-refractivity contribution < 1.29 is 19.0 Å². The highest BCUT2D eigenvalue weighted by molar-refractivity contribution is 5.99. The van der Waals surface area contributed by atoms with E-state index in [4.69, 9.17) is 14.2 Å². The van der Waals surface area contributed by atoms with Gasteiger partial charge in [-0.05, 0) is 50.6 Å². The third-order valence-corrected chi connectivity index (χ3v) is 4.11. The third-order valence-electron chi connectivity index (χ3n) is 4.11. The molecule has 0 unspecified atom stereocenters. The predicted octanol–water partition coefficient (Wildman–Crippen LogP) is 4.02. The van der Waals surface area contributed by atoms with Crippen LogP contribution in [0.1, 0.15) is 26.3 Å². The largest absolute Gasteiger partial charge is 0.493 e. The first-order valence-electron chi connectivity index (χ1n) is 8.19. The molecule has 0 radical (unpaired) electrons. The van der Waals surface area contributed by atoms with Gasteiger partial charge in [-0.3, -0.25) is 4.79 Å². The zero-order valence-corrected chi connectivity index (χ0v) is 15.4. The fraction of sp³-hybridized carbons (Fsp3) is 0.350. The van der Waals surface area contributed by atoms with Crippen LogP contribution in [0, 0.1) is 0 Å². The van der Waals surface area contributed by atoms with Crippen LogP contribution in [0.5, 0.6) is 17.2 Å². The van der Waals surface area contributed by atoms with Crippen LogP contribution in [0.3, 0.4) is 0 Å². The number of benzene rings is 2. The maximum Gasteiger partial charge on any atom is 0.234 e. The Morgan fingerprint density at radius 3 is 2.32 bits per heavy atom. The van der Waals surface area contributed by atoms with Crippen molar-refractivity contribution in [2.45, 2.75) is 26.2 Å². The molecule has 0 aromatic heterocycles. The molecule has 0 atom stereocenters. The van der Waals surface area contributed by atoms with Crippen LogP contribution in [0.4, 0.5) is 5.69 Å². The van der Waals surface area contributed by atoms with Gasteiger partial charge < -0.3 is 19.5 Å². The van der Waals surface area contributed by atoms with Gasteiger partial charge >= 0.3 is 0 Å². The molecule has 134 valence electrons. The minimum Gasteiger partial charge on any atom is -0.493 e. The maximum absolute atomic E-state index is 12.9. The minimum absolute atomic E-state index is 0.133. The fourth-order valence-electron chi connectivity index (χ4n) is 2.49. The molecule has 2 rings (SSSR count). The zero-order chi connectivity index (χ0) is 18.4. The van der Waals surface area contributed by atoms with E-state index in [1.54, 1.807) is 20.3 Å². The van der Waals surface area contributed by atoms with Crippen LogP contribution in [-0.4, -0.2) is 26.7 Å². The second-order valence-electron chi connectivity index (χ2n) is 6.08. The summed E-state index contributed by atoms with van der Waals surface area (Å²) in [5.41, 5.74) is 0.721. The number of carbonyl (C=O) groups excluding carboxylic acids is 1. The summed E-state index contributed by atoms with van der Waals surface area (Å²) in [6.45, 7) is 6.18. The molecule has 2 aromatic carbocycles. The lowest BCUT2D eigenvalue weighted by molar-refractivity contribution is -0.120. The summed E-state index contributed by atoms with van der Waals surface area (Å²) in [6.07, 6.45) is 0. The lowest BCUT2D eigenvalue weighted by Gasteiger charge is -2.25. The summed E-state index contributed by atoms with van der Waals surface area (Å²) in [5, 5.41) is 2.96. The molecular formula is C20H25NO4. The molecule has 0 aliphatic rings. The number of nitrogens with one attached hydrogen (secondary N) is 1. The maximum atomic E-state index is 12.9. The summed E-state index contributed by atoms with van der Waals surface area (Å²) >= 11 is 0. The first-order valence-corrected chi connectivity index (χ1v) is 8.19. The van der Waals surface area contributed by atoms with E-state index in [-0.39, 0.29) is 5.91 Å². The SMILES string of the molecule is CCOc1ccccc1NC(=O)C(C)(C)c1ccc(OC)c(OC)c1. The number of hydrogen-bond acceptors (Lipinski definition) is 4. The van der Waals surface area contributed by atoms with Crippen molar-refractivity contribution in [2.75, 3.05) is 26.1 Å². The molecule has 1 N–H and O–H groups in total. The Bertz CT molecular complexity index is 740. The van der Waals surface area contributed by atoms with Crippen LogP contribution in [0.2, 0.25) is 0 Å². The number of hydrogen-bond donors (Lipinski definition) is 1. The Morgan fingerprint density at radius 1 is 1.00 bits per heavy atom.